The van der Waals surface area contributed by atoms with Crippen molar-refractivity contribution in [3.8, 4) is 11.8 Å². The molecular weight excluding hydrogens is 294 g/mol. The maximum absolute atomic E-state index is 8.98. The third-order valence-electron chi connectivity index (χ3n) is 2.28. The van der Waals surface area contributed by atoms with Crippen LogP contribution < -0.4 is 10.5 Å². The average Bonchev–Trinajstić information content (AvgIpc) is 2.37. The van der Waals surface area contributed by atoms with E-state index in [1.54, 1.807) is 30.6 Å². The van der Waals surface area contributed by atoms with Gasteiger partial charge in [-0.2, -0.15) is 5.26 Å². The Kier molecular flexibility index (Phi) is 3.80. The van der Waals surface area contributed by atoms with Crippen molar-refractivity contribution in [1.82, 2.24) is 4.98 Å². The van der Waals surface area contributed by atoms with Crippen molar-refractivity contribution in [3.63, 3.8) is 0 Å². The van der Waals surface area contributed by atoms with Crippen LogP contribution in [0.2, 0.25) is 0 Å². The number of rotatable bonds is 3. The molecular formula is C13H10BrN3O. The molecule has 0 aliphatic rings. The van der Waals surface area contributed by atoms with Crippen LogP contribution in [0.15, 0.2) is 41.1 Å². The molecule has 0 aliphatic heterocycles. The summed E-state index contributed by atoms with van der Waals surface area (Å²) in [6.45, 7) is 0.352. The number of halogens is 1. The minimum atomic E-state index is 0.352. The number of pyridine rings is 1. The number of ether oxygens (including phenoxy) is 1. The van der Waals surface area contributed by atoms with Crippen LogP contribution in [0.25, 0.3) is 0 Å². The van der Waals surface area contributed by atoms with E-state index < -0.39 is 0 Å². The molecule has 4 nitrogen and oxygen atoms in total. The van der Waals surface area contributed by atoms with Crippen molar-refractivity contribution in [2.75, 3.05) is 5.73 Å². The number of nitrogen functional groups attached to an aromatic ring is 1. The van der Waals surface area contributed by atoms with Gasteiger partial charge in [0.05, 0.1) is 5.56 Å². The summed E-state index contributed by atoms with van der Waals surface area (Å²) in [5.74, 6) is 0.520. The number of nitrogens with zero attached hydrogens (tertiary/aromatic N) is 2. The van der Waals surface area contributed by atoms with Crippen molar-refractivity contribution in [3.05, 3.63) is 52.3 Å². The van der Waals surface area contributed by atoms with Gasteiger partial charge in [-0.1, -0.05) is 0 Å². The van der Waals surface area contributed by atoms with Gasteiger partial charge in [0.25, 0.3) is 0 Å². The Morgan fingerprint density at radius 1 is 1.33 bits per heavy atom. The molecule has 1 heterocycles. The number of aromatic nitrogens is 1. The molecule has 0 unspecified atom stereocenters. The third kappa shape index (κ3) is 2.99. The van der Waals surface area contributed by atoms with Gasteiger partial charge in [0, 0.05) is 28.1 Å². The van der Waals surface area contributed by atoms with Gasteiger partial charge in [-0.25, -0.2) is 0 Å². The van der Waals surface area contributed by atoms with E-state index in [1.807, 2.05) is 6.07 Å². The lowest BCUT2D eigenvalue weighted by Crippen LogP contribution is -1.98. The smallest absolute Gasteiger partial charge is 0.137 e. The van der Waals surface area contributed by atoms with Gasteiger partial charge < -0.3 is 10.5 Å². The zero-order chi connectivity index (χ0) is 13.0. The minimum absolute atomic E-state index is 0.352. The van der Waals surface area contributed by atoms with Crippen LogP contribution in [0, 0.1) is 11.3 Å². The second-order valence-electron chi connectivity index (χ2n) is 3.67. The highest BCUT2D eigenvalue weighted by Crippen LogP contribution is 2.21. The predicted molar refractivity (Wildman–Crippen MR) is 71.8 cm³/mol. The van der Waals surface area contributed by atoms with Gasteiger partial charge in [0.15, 0.2) is 0 Å². The predicted octanol–water partition coefficient (Wildman–Crippen LogP) is 2.88. The van der Waals surface area contributed by atoms with Gasteiger partial charge in [-0.15, -0.1) is 0 Å². The minimum Gasteiger partial charge on any atom is -0.487 e. The Morgan fingerprint density at radius 3 is 2.89 bits per heavy atom. The molecule has 2 aromatic rings. The molecule has 0 spiro atoms. The molecule has 0 amide bonds. The summed E-state index contributed by atoms with van der Waals surface area (Å²) in [6.07, 6.45) is 3.42. The number of anilines is 1. The van der Waals surface area contributed by atoms with Crippen LogP contribution in [0.5, 0.6) is 5.75 Å². The second-order valence-corrected chi connectivity index (χ2v) is 4.58. The zero-order valence-electron chi connectivity index (χ0n) is 9.43. The molecule has 1 aromatic heterocycles. The maximum atomic E-state index is 8.98. The van der Waals surface area contributed by atoms with E-state index in [4.69, 9.17) is 15.7 Å². The van der Waals surface area contributed by atoms with Crippen LogP contribution in [0.1, 0.15) is 11.1 Å². The van der Waals surface area contributed by atoms with Crippen LogP contribution in [-0.2, 0) is 6.61 Å². The highest BCUT2D eigenvalue weighted by molar-refractivity contribution is 9.10. The third-order valence-corrected chi connectivity index (χ3v) is 2.71. The Hall–Kier alpha value is -2.06. The van der Waals surface area contributed by atoms with Gasteiger partial charge in [0.1, 0.15) is 18.4 Å². The molecule has 18 heavy (non-hydrogen) atoms. The number of benzene rings is 1. The van der Waals surface area contributed by atoms with Crippen LogP contribution in [0.3, 0.4) is 0 Å². The summed E-state index contributed by atoms with van der Waals surface area (Å²) in [4.78, 5) is 4.04. The molecule has 1 aromatic carbocycles. The first-order valence-corrected chi connectivity index (χ1v) is 6.00. The second kappa shape index (κ2) is 5.52. The zero-order valence-corrected chi connectivity index (χ0v) is 11.0. The van der Waals surface area contributed by atoms with Crippen LogP contribution in [0.4, 0.5) is 5.69 Å². The van der Waals surface area contributed by atoms with E-state index in [9.17, 15) is 0 Å². The molecule has 0 aliphatic carbocycles. The summed E-state index contributed by atoms with van der Waals surface area (Å²) in [5, 5.41) is 8.98. The van der Waals surface area contributed by atoms with Crippen molar-refractivity contribution < 1.29 is 4.74 Å². The lowest BCUT2D eigenvalue weighted by molar-refractivity contribution is 0.305. The summed E-state index contributed by atoms with van der Waals surface area (Å²) in [5.41, 5.74) is 7.50. The molecule has 0 bridgehead atoms. The lowest BCUT2D eigenvalue weighted by atomic mass is 10.2. The fourth-order valence-corrected chi connectivity index (χ4v) is 1.87. The Morgan fingerprint density at radius 2 is 2.17 bits per heavy atom. The van der Waals surface area contributed by atoms with Gasteiger partial charge in [0.2, 0.25) is 0 Å². The standard InChI is InChI=1S/C13H10BrN3O/c14-11-3-9(6-17-7-11)8-18-13-2-1-12(16)4-10(13)5-15/h1-4,6-7H,8,16H2. The molecule has 5 heteroatoms. The molecule has 0 saturated heterocycles. The van der Waals surface area contributed by atoms with E-state index in [-0.39, 0.29) is 0 Å². The fraction of sp³-hybridized carbons (Fsp3) is 0.0769. The van der Waals surface area contributed by atoms with E-state index >= 15 is 0 Å². The summed E-state index contributed by atoms with van der Waals surface area (Å²) >= 11 is 3.34. The molecule has 0 atom stereocenters. The van der Waals surface area contributed by atoms with E-state index in [1.165, 1.54) is 0 Å². The first-order chi connectivity index (χ1) is 8.69. The fourth-order valence-electron chi connectivity index (χ4n) is 1.46. The molecule has 0 saturated carbocycles. The maximum Gasteiger partial charge on any atom is 0.137 e. The van der Waals surface area contributed by atoms with E-state index in [0.717, 1.165) is 10.0 Å². The summed E-state index contributed by atoms with van der Waals surface area (Å²) < 4.78 is 6.48. The molecule has 0 radical (unpaired) electrons. The highest BCUT2D eigenvalue weighted by Gasteiger charge is 2.04. The molecule has 2 rings (SSSR count). The number of nitrogens with two attached hydrogens (primary N) is 1. The topological polar surface area (TPSA) is 71.9 Å². The van der Waals surface area contributed by atoms with Crippen molar-refractivity contribution in [2.45, 2.75) is 6.61 Å². The Labute approximate surface area is 113 Å². The van der Waals surface area contributed by atoms with Gasteiger partial charge >= 0.3 is 0 Å². The SMILES string of the molecule is N#Cc1cc(N)ccc1OCc1cncc(Br)c1. The number of hydrogen-bond acceptors (Lipinski definition) is 4. The largest absolute Gasteiger partial charge is 0.487 e. The van der Waals surface area contributed by atoms with Crippen molar-refractivity contribution in [1.29, 1.82) is 5.26 Å². The first kappa shape index (κ1) is 12.4. The molecule has 0 fully saturated rings. The average molecular weight is 304 g/mol. The summed E-state index contributed by atoms with van der Waals surface area (Å²) in [6, 6.07) is 8.96. The van der Waals surface area contributed by atoms with Crippen LogP contribution >= 0.6 is 15.9 Å². The monoisotopic (exact) mass is 303 g/mol. The van der Waals surface area contributed by atoms with E-state index in [0.29, 0.717) is 23.6 Å². The molecule has 90 valence electrons. The van der Waals surface area contributed by atoms with Crippen LogP contribution in [-0.4, -0.2) is 4.98 Å². The number of nitriles is 1. The number of hydrogen-bond donors (Lipinski definition) is 1. The Balaban J connectivity index is 2.14. The quantitative estimate of drug-likeness (QED) is 0.885. The van der Waals surface area contributed by atoms with Crippen molar-refractivity contribution >= 4 is 21.6 Å². The normalized spacial score (nSPS) is 9.78. The van der Waals surface area contributed by atoms with Gasteiger partial charge in [-0.05, 0) is 40.2 Å². The van der Waals surface area contributed by atoms with Gasteiger partial charge in [-0.3, -0.25) is 4.98 Å². The van der Waals surface area contributed by atoms with E-state index in [2.05, 4.69) is 27.0 Å². The lowest BCUT2D eigenvalue weighted by Gasteiger charge is -2.08. The molecule has 2 N–H and O–H groups in total. The first-order valence-electron chi connectivity index (χ1n) is 5.21. The Bertz CT molecular complexity index is 607. The highest BCUT2D eigenvalue weighted by atomic mass is 79.9. The van der Waals surface area contributed by atoms with Crippen molar-refractivity contribution in [2.24, 2.45) is 0 Å². The summed E-state index contributed by atoms with van der Waals surface area (Å²) in [7, 11) is 0.